The molecule has 1 saturated heterocycles. The molecule has 0 aliphatic carbocycles. The number of pyridine rings is 1. The maximum absolute atomic E-state index is 14.1. The highest BCUT2D eigenvalue weighted by molar-refractivity contribution is 5.96. The summed E-state index contributed by atoms with van der Waals surface area (Å²) < 4.78 is 49.4. The van der Waals surface area contributed by atoms with E-state index in [1.807, 2.05) is 6.92 Å². The summed E-state index contributed by atoms with van der Waals surface area (Å²) in [6.45, 7) is 9.62. The Morgan fingerprint density at radius 2 is 1.91 bits per heavy atom. The number of carbonyl (C=O) groups is 2. The van der Waals surface area contributed by atoms with Gasteiger partial charge < -0.3 is 24.3 Å². The van der Waals surface area contributed by atoms with E-state index in [4.69, 9.17) is 18.9 Å². The van der Waals surface area contributed by atoms with Crippen molar-refractivity contribution in [1.82, 2.24) is 15.2 Å². The smallest absolute Gasteiger partial charge is 0.306 e. The zero-order chi connectivity index (χ0) is 32.2. The number of esters is 1. The van der Waals surface area contributed by atoms with Gasteiger partial charge in [0.1, 0.15) is 19.0 Å². The molecule has 3 aromatic rings. The predicted octanol–water partition coefficient (Wildman–Crippen LogP) is 5.19. The second-order valence-corrected chi connectivity index (χ2v) is 10.8. The Balaban J connectivity index is 1.50. The quantitative estimate of drug-likeness (QED) is 0.182. The average molecular weight is 624 g/mol. The van der Waals surface area contributed by atoms with Crippen LogP contribution in [0.15, 0.2) is 66.9 Å². The van der Waals surface area contributed by atoms with Crippen molar-refractivity contribution in [2.75, 3.05) is 46.6 Å². The van der Waals surface area contributed by atoms with Crippen LogP contribution in [0.3, 0.4) is 0 Å². The van der Waals surface area contributed by atoms with Crippen molar-refractivity contribution >= 4 is 11.9 Å². The van der Waals surface area contributed by atoms with E-state index in [2.05, 4.69) is 21.8 Å². The SMILES string of the molecule is C=C(C)C[C@@H](NC(=O)c1cc(COc2cc(F)ccc2F)ccc1CCC(=O)OCCN1CCOCC1)c1ccnc(OC)c1. The molecule has 2 heterocycles. The number of benzene rings is 2. The Morgan fingerprint density at radius 1 is 1.11 bits per heavy atom. The summed E-state index contributed by atoms with van der Waals surface area (Å²) >= 11 is 0. The van der Waals surface area contributed by atoms with E-state index in [9.17, 15) is 18.4 Å². The minimum atomic E-state index is -0.700. The Hall–Kier alpha value is -4.35. The summed E-state index contributed by atoms with van der Waals surface area (Å²) in [4.78, 5) is 32.8. The lowest BCUT2D eigenvalue weighted by Gasteiger charge is -2.26. The molecule has 45 heavy (non-hydrogen) atoms. The van der Waals surface area contributed by atoms with Crippen molar-refractivity contribution in [2.24, 2.45) is 0 Å². The lowest BCUT2D eigenvalue weighted by Crippen LogP contribution is -2.38. The molecule has 0 spiro atoms. The second-order valence-electron chi connectivity index (χ2n) is 10.8. The van der Waals surface area contributed by atoms with Gasteiger partial charge in [-0.3, -0.25) is 14.5 Å². The molecule has 1 aliphatic rings. The van der Waals surface area contributed by atoms with E-state index >= 15 is 0 Å². The van der Waals surface area contributed by atoms with Crippen LogP contribution in [0.2, 0.25) is 0 Å². The molecule has 1 amide bonds. The third-order valence-corrected chi connectivity index (χ3v) is 7.31. The average Bonchev–Trinajstić information content (AvgIpc) is 3.04. The van der Waals surface area contributed by atoms with Crippen LogP contribution in [-0.2, 0) is 27.3 Å². The van der Waals surface area contributed by atoms with E-state index in [0.717, 1.165) is 42.4 Å². The summed E-state index contributed by atoms with van der Waals surface area (Å²) in [5, 5.41) is 3.08. The molecule has 9 nitrogen and oxygen atoms in total. The number of hydrogen-bond donors (Lipinski definition) is 1. The molecule has 240 valence electrons. The fourth-order valence-corrected chi connectivity index (χ4v) is 4.90. The number of halogens is 2. The van der Waals surface area contributed by atoms with Crippen molar-refractivity contribution in [3.8, 4) is 11.6 Å². The highest BCUT2D eigenvalue weighted by Crippen LogP contribution is 2.25. The van der Waals surface area contributed by atoms with Gasteiger partial charge in [0, 0.05) is 49.9 Å². The van der Waals surface area contributed by atoms with Crippen LogP contribution >= 0.6 is 0 Å². The van der Waals surface area contributed by atoms with Gasteiger partial charge in [-0.15, -0.1) is 6.58 Å². The minimum absolute atomic E-state index is 0.0739. The lowest BCUT2D eigenvalue weighted by molar-refractivity contribution is -0.144. The number of nitrogens with zero attached hydrogens (tertiary/aromatic N) is 2. The molecule has 0 saturated carbocycles. The van der Waals surface area contributed by atoms with Crippen LogP contribution in [-0.4, -0.2) is 68.3 Å². The Bertz CT molecular complexity index is 1480. The Labute approximate surface area is 262 Å². The van der Waals surface area contributed by atoms with Gasteiger partial charge in [0.2, 0.25) is 5.88 Å². The van der Waals surface area contributed by atoms with Gasteiger partial charge in [-0.2, -0.15) is 0 Å². The molecule has 1 fully saturated rings. The van der Waals surface area contributed by atoms with Gasteiger partial charge in [0.25, 0.3) is 5.91 Å². The van der Waals surface area contributed by atoms with E-state index in [1.54, 1.807) is 36.5 Å². The van der Waals surface area contributed by atoms with E-state index in [-0.39, 0.29) is 43.7 Å². The van der Waals surface area contributed by atoms with Crippen molar-refractivity contribution in [3.63, 3.8) is 0 Å². The number of aryl methyl sites for hydroxylation is 1. The fraction of sp³-hybridized carbons (Fsp3) is 0.382. The van der Waals surface area contributed by atoms with Crippen molar-refractivity contribution in [1.29, 1.82) is 0 Å². The van der Waals surface area contributed by atoms with Crippen LogP contribution in [0, 0.1) is 11.6 Å². The first kappa shape index (κ1) is 33.5. The number of methoxy groups -OCH3 is 1. The molecule has 1 aliphatic heterocycles. The number of aromatic nitrogens is 1. The van der Waals surface area contributed by atoms with Crippen LogP contribution in [0.25, 0.3) is 0 Å². The highest BCUT2D eigenvalue weighted by atomic mass is 19.1. The molecule has 1 aromatic heterocycles. The van der Waals surface area contributed by atoms with Gasteiger partial charge >= 0.3 is 5.97 Å². The number of rotatable bonds is 15. The maximum atomic E-state index is 14.1. The number of amides is 1. The number of morpholine rings is 1. The summed E-state index contributed by atoms with van der Waals surface area (Å²) in [7, 11) is 1.52. The maximum Gasteiger partial charge on any atom is 0.306 e. The second kappa shape index (κ2) is 16.6. The van der Waals surface area contributed by atoms with Crippen molar-refractivity contribution in [2.45, 2.75) is 38.8 Å². The number of carbonyl (C=O) groups excluding carboxylic acids is 2. The lowest BCUT2D eigenvalue weighted by atomic mass is 9.97. The fourth-order valence-electron chi connectivity index (χ4n) is 4.90. The van der Waals surface area contributed by atoms with Crippen molar-refractivity contribution < 1.29 is 37.3 Å². The molecule has 4 rings (SSSR count). The molecular weight excluding hydrogens is 584 g/mol. The van der Waals surface area contributed by atoms with E-state index in [1.165, 1.54) is 7.11 Å². The largest absolute Gasteiger partial charge is 0.486 e. The summed E-state index contributed by atoms with van der Waals surface area (Å²) in [5.74, 6) is -1.91. The first-order valence-corrected chi connectivity index (χ1v) is 14.8. The topological polar surface area (TPSA) is 99.2 Å². The van der Waals surface area contributed by atoms with Crippen LogP contribution < -0.4 is 14.8 Å². The molecule has 0 bridgehead atoms. The highest BCUT2D eigenvalue weighted by Gasteiger charge is 2.21. The zero-order valence-corrected chi connectivity index (χ0v) is 25.7. The molecule has 11 heteroatoms. The molecule has 1 N–H and O–H groups in total. The minimum Gasteiger partial charge on any atom is -0.486 e. The first-order chi connectivity index (χ1) is 21.7. The Morgan fingerprint density at radius 3 is 2.67 bits per heavy atom. The van der Waals surface area contributed by atoms with Crippen LogP contribution in [0.4, 0.5) is 8.78 Å². The zero-order valence-electron chi connectivity index (χ0n) is 25.7. The monoisotopic (exact) mass is 623 g/mol. The number of ether oxygens (including phenoxy) is 4. The Kier molecular flexibility index (Phi) is 12.4. The van der Waals surface area contributed by atoms with Gasteiger partial charge in [-0.05, 0) is 60.7 Å². The third kappa shape index (κ3) is 10.4. The normalized spacial score (nSPS) is 14.0. The predicted molar refractivity (Wildman–Crippen MR) is 164 cm³/mol. The molecule has 2 aromatic carbocycles. The van der Waals surface area contributed by atoms with Crippen molar-refractivity contribution in [3.05, 3.63) is 101 Å². The van der Waals surface area contributed by atoms with E-state index in [0.29, 0.717) is 48.7 Å². The van der Waals surface area contributed by atoms with Gasteiger partial charge in [-0.25, -0.2) is 13.8 Å². The molecular formula is C34H39F2N3O6. The van der Waals surface area contributed by atoms with Gasteiger partial charge in [0.15, 0.2) is 11.6 Å². The van der Waals surface area contributed by atoms with Crippen LogP contribution in [0.1, 0.15) is 52.9 Å². The number of nitrogens with one attached hydrogen (secondary N) is 1. The molecule has 0 unspecified atom stereocenters. The molecule has 1 atom stereocenters. The van der Waals surface area contributed by atoms with E-state index < -0.39 is 17.7 Å². The molecule has 0 radical (unpaired) electrons. The summed E-state index contributed by atoms with van der Waals surface area (Å²) in [6, 6.07) is 11.2. The first-order valence-electron chi connectivity index (χ1n) is 14.8. The summed E-state index contributed by atoms with van der Waals surface area (Å²) in [6.07, 6.45) is 2.40. The summed E-state index contributed by atoms with van der Waals surface area (Å²) in [5.41, 5.74) is 3.15. The third-order valence-electron chi connectivity index (χ3n) is 7.31. The van der Waals surface area contributed by atoms with Gasteiger partial charge in [-0.1, -0.05) is 17.7 Å². The van der Waals surface area contributed by atoms with Crippen LogP contribution in [0.5, 0.6) is 11.6 Å². The number of hydrogen-bond acceptors (Lipinski definition) is 8. The standard InChI is InChI=1S/C34H39F2N3O6/c1-23(2)18-30(26-10-11-37-32(20-26)42-3)38-34(41)28-19-24(22-45-31-21-27(35)7-8-29(31)36)4-5-25(28)6-9-33(40)44-17-14-39-12-15-43-16-13-39/h4-5,7-8,10-11,19-21,30H,1,6,9,12-18,22H2,2-3H3,(H,38,41)/t30-/m1/s1. The van der Waals surface area contributed by atoms with Gasteiger partial charge in [0.05, 0.1) is 26.4 Å².